The van der Waals surface area contributed by atoms with Crippen molar-refractivity contribution in [2.45, 2.75) is 49.4 Å². The van der Waals surface area contributed by atoms with Crippen molar-refractivity contribution in [3.05, 3.63) is 46.5 Å². The molecule has 4 fully saturated rings. The Hall–Kier alpha value is -2.64. The zero-order valence-corrected chi connectivity index (χ0v) is 16.1. The summed E-state index contributed by atoms with van der Waals surface area (Å²) in [5.41, 5.74) is 8.51. The van der Waals surface area contributed by atoms with Crippen LogP contribution in [0.2, 0.25) is 0 Å². The standard InChI is InChI=1S/C22H22F4N2O2/c23-13-2-11(15(25)17(27)19(13)29)21-4-9-1-10(5-21)7-22(6-9,8-21)12-3-14(24)20(30)18(28)16(12)26/h2-3,9-10,29-30H,1,4-8,27-28H2. The van der Waals surface area contributed by atoms with Crippen LogP contribution in [0.15, 0.2) is 12.1 Å². The summed E-state index contributed by atoms with van der Waals surface area (Å²) in [5.74, 6) is -5.31. The van der Waals surface area contributed by atoms with Gasteiger partial charge < -0.3 is 21.7 Å². The molecule has 0 heterocycles. The molecule has 0 atom stereocenters. The van der Waals surface area contributed by atoms with E-state index in [1.54, 1.807) is 0 Å². The van der Waals surface area contributed by atoms with Crippen LogP contribution in [0.25, 0.3) is 0 Å². The zero-order chi connectivity index (χ0) is 21.6. The number of rotatable bonds is 2. The van der Waals surface area contributed by atoms with Crippen LogP contribution in [0.3, 0.4) is 0 Å². The average Bonchev–Trinajstić information content (AvgIpc) is 2.69. The summed E-state index contributed by atoms with van der Waals surface area (Å²) in [6, 6.07) is 1.98. The Morgan fingerprint density at radius 1 is 0.733 bits per heavy atom. The molecule has 4 aliphatic rings. The van der Waals surface area contributed by atoms with Crippen molar-refractivity contribution in [2.24, 2.45) is 11.8 Å². The van der Waals surface area contributed by atoms with Gasteiger partial charge in [-0.15, -0.1) is 0 Å². The molecule has 2 aromatic rings. The predicted octanol–water partition coefficient (Wildman–Crippen LogP) is 4.61. The number of halogens is 4. The van der Waals surface area contributed by atoms with Crippen molar-refractivity contribution in [3.8, 4) is 11.5 Å². The minimum absolute atomic E-state index is 0.0846. The highest BCUT2D eigenvalue weighted by Crippen LogP contribution is 2.67. The van der Waals surface area contributed by atoms with Gasteiger partial charge in [0.15, 0.2) is 34.8 Å². The Bertz CT molecular complexity index is 992. The molecule has 0 spiro atoms. The smallest absolute Gasteiger partial charge is 0.177 e. The molecule has 4 nitrogen and oxygen atoms in total. The minimum Gasteiger partial charge on any atom is -0.503 e. The fourth-order valence-corrected chi connectivity index (χ4v) is 6.94. The van der Waals surface area contributed by atoms with Crippen molar-refractivity contribution >= 4 is 11.4 Å². The van der Waals surface area contributed by atoms with Crippen LogP contribution in [-0.2, 0) is 10.8 Å². The summed E-state index contributed by atoms with van der Waals surface area (Å²) in [5, 5.41) is 19.4. The number of nitrogen functional groups attached to an aromatic ring is 2. The molecule has 2 aromatic carbocycles. The molecule has 6 N–H and O–H groups in total. The lowest BCUT2D eigenvalue weighted by atomic mass is 9.41. The Labute approximate surface area is 170 Å². The third-order valence-corrected chi connectivity index (χ3v) is 7.65. The van der Waals surface area contributed by atoms with Crippen LogP contribution in [0.5, 0.6) is 11.5 Å². The van der Waals surface area contributed by atoms with Crippen LogP contribution in [-0.4, -0.2) is 10.2 Å². The Kier molecular flexibility index (Phi) is 3.84. The fourth-order valence-electron chi connectivity index (χ4n) is 6.94. The van der Waals surface area contributed by atoms with Gasteiger partial charge in [0, 0.05) is 0 Å². The topological polar surface area (TPSA) is 92.5 Å². The van der Waals surface area contributed by atoms with Gasteiger partial charge in [-0.05, 0) is 84.5 Å². The molecule has 0 radical (unpaired) electrons. The first-order valence-electron chi connectivity index (χ1n) is 10.0. The summed E-state index contributed by atoms with van der Waals surface area (Å²) >= 11 is 0. The highest BCUT2D eigenvalue weighted by Gasteiger charge is 2.60. The molecule has 4 aliphatic carbocycles. The van der Waals surface area contributed by atoms with E-state index in [0.717, 1.165) is 18.6 Å². The lowest BCUT2D eigenvalue weighted by molar-refractivity contribution is -0.0310. The first-order valence-corrected chi connectivity index (χ1v) is 10.0. The van der Waals surface area contributed by atoms with Gasteiger partial charge in [-0.1, -0.05) is 0 Å². The average molecular weight is 422 g/mol. The molecule has 30 heavy (non-hydrogen) atoms. The molecule has 0 aliphatic heterocycles. The minimum atomic E-state index is -1.00. The number of nitrogens with two attached hydrogens (primary N) is 2. The molecule has 8 heteroatoms. The van der Waals surface area contributed by atoms with Crippen LogP contribution < -0.4 is 11.5 Å². The van der Waals surface area contributed by atoms with E-state index in [9.17, 15) is 19.0 Å². The molecule has 160 valence electrons. The van der Waals surface area contributed by atoms with E-state index in [4.69, 9.17) is 11.5 Å². The molecular weight excluding hydrogens is 400 g/mol. The van der Waals surface area contributed by atoms with E-state index in [1.807, 2.05) is 0 Å². The van der Waals surface area contributed by atoms with Gasteiger partial charge in [0.05, 0.1) is 0 Å². The highest BCUT2D eigenvalue weighted by molar-refractivity contribution is 5.59. The predicted molar refractivity (Wildman–Crippen MR) is 103 cm³/mol. The van der Waals surface area contributed by atoms with Crippen LogP contribution in [0.1, 0.15) is 49.7 Å². The van der Waals surface area contributed by atoms with Crippen molar-refractivity contribution in [1.82, 2.24) is 0 Å². The first-order chi connectivity index (χ1) is 14.1. The maximum atomic E-state index is 15.1. The number of benzene rings is 2. The van der Waals surface area contributed by atoms with Crippen LogP contribution in [0, 0.1) is 35.1 Å². The third kappa shape index (κ3) is 2.39. The molecule has 6 rings (SSSR count). The number of hydrogen-bond donors (Lipinski definition) is 4. The van der Waals surface area contributed by atoms with Crippen molar-refractivity contribution in [3.63, 3.8) is 0 Å². The molecule has 0 unspecified atom stereocenters. The van der Waals surface area contributed by atoms with Gasteiger partial charge in [-0.2, -0.15) is 0 Å². The Morgan fingerprint density at radius 2 is 1.10 bits per heavy atom. The van der Waals surface area contributed by atoms with Gasteiger partial charge in [0.2, 0.25) is 0 Å². The van der Waals surface area contributed by atoms with Gasteiger partial charge in [0.1, 0.15) is 11.4 Å². The number of phenolic OH excluding ortho intramolecular Hbond substituents is 2. The monoisotopic (exact) mass is 422 g/mol. The fraction of sp³-hybridized carbons (Fsp3) is 0.455. The molecule has 0 aromatic heterocycles. The quantitative estimate of drug-likeness (QED) is 0.323. The van der Waals surface area contributed by atoms with E-state index >= 15 is 8.78 Å². The third-order valence-electron chi connectivity index (χ3n) is 7.65. The number of phenols is 2. The van der Waals surface area contributed by atoms with E-state index in [1.165, 1.54) is 0 Å². The Morgan fingerprint density at radius 3 is 1.47 bits per heavy atom. The van der Waals surface area contributed by atoms with Crippen LogP contribution >= 0.6 is 0 Å². The second-order valence-electron chi connectivity index (χ2n) is 9.49. The largest absolute Gasteiger partial charge is 0.503 e. The summed E-state index contributed by atoms with van der Waals surface area (Å²) in [6.07, 6.45) is 3.52. The van der Waals surface area contributed by atoms with Gasteiger partial charge >= 0.3 is 0 Å². The summed E-state index contributed by atoms with van der Waals surface area (Å²) in [7, 11) is 0. The lowest BCUT2D eigenvalue weighted by Gasteiger charge is -2.62. The summed E-state index contributed by atoms with van der Waals surface area (Å²) < 4.78 is 58.8. The maximum absolute atomic E-state index is 15.1. The van der Waals surface area contributed by atoms with E-state index in [0.29, 0.717) is 25.7 Å². The van der Waals surface area contributed by atoms with Crippen LogP contribution in [0.4, 0.5) is 28.9 Å². The van der Waals surface area contributed by atoms with Crippen molar-refractivity contribution < 1.29 is 27.8 Å². The number of hydrogen-bond acceptors (Lipinski definition) is 4. The summed E-state index contributed by atoms with van der Waals surface area (Å²) in [4.78, 5) is 0. The normalized spacial score (nSPS) is 32.0. The zero-order valence-electron chi connectivity index (χ0n) is 16.1. The maximum Gasteiger partial charge on any atom is 0.177 e. The van der Waals surface area contributed by atoms with Gasteiger partial charge in [-0.3, -0.25) is 0 Å². The molecule has 0 saturated heterocycles. The highest BCUT2D eigenvalue weighted by atomic mass is 19.1. The second-order valence-corrected chi connectivity index (χ2v) is 9.49. The molecular formula is C22H22F4N2O2. The Balaban J connectivity index is 1.70. The van der Waals surface area contributed by atoms with E-state index in [2.05, 4.69) is 0 Å². The molecule has 4 saturated carbocycles. The SMILES string of the molecule is Nc1c(O)c(F)cc(C23CC4CC(C2)CC(c2cc(F)c(O)c(N)c2F)(C4)C3)c1F. The van der Waals surface area contributed by atoms with Crippen molar-refractivity contribution in [1.29, 1.82) is 0 Å². The molecule has 4 bridgehead atoms. The van der Waals surface area contributed by atoms with Crippen molar-refractivity contribution in [2.75, 3.05) is 11.5 Å². The number of anilines is 2. The van der Waals surface area contributed by atoms with E-state index < -0.39 is 57.0 Å². The summed E-state index contributed by atoms with van der Waals surface area (Å²) in [6.45, 7) is 0. The number of aromatic hydroxyl groups is 2. The second kappa shape index (κ2) is 5.95. The van der Waals surface area contributed by atoms with Gasteiger partial charge in [0.25, 0.3) is 0 Å². The molecule has 0 amide bonds. The van der Waals surface area contributed by atoms with E-state index in [-0.39, 0.29) is 29.4 Å². The first kappa shape index (κ1) is 19.3. The lowest BCUT2D eigenvalue weighted by Crippen LogP contribution is -2.56. The van der Waals surface area contributed by atoms with Gasteiger partial charge in [-0.25, -0.2) is 17.6 Å².